The van der Waals surface area contributed by atoms with Crippen LogP contribution in [-0.4, -0.2) is 85.7 Å². The van der Waals surface area contributed by atoms with E-state index in [9.17, 15) is 43.5 Å². The molecule has 360 valence electrons. The van der Waals surface area contributed by atoms with Gasteiger partial charge in [-0.15, -0.1) is 0 Å². The number of aromatic nitrogens is 2. The second-order valence-electron chi connectivity index (χ2n) is 17.0. The Morgan fingerprint density at radius 3 is 1.84 bits per heavy atom. The summed E-state index contributed by atoms with van der Waals surface area (Å²) in [6.07, 6.45) is 15.2. The highest BCUT2D eigenvalue weighted by Gasteiger charge is 2.46. The van der Waals surface area contributed by atoms with Gasteiger partial charge in [0.1, 0.15) is 30.7 Å². The lowest BCUT2D eigenvalue weighted by molar-refractivity contribution is -0.161. The molecule has 0 radical (unpaired) electrons. The number of anilines is 1. The minimum absolute atomic E-state index is 0.0548. The zero-order valence-electron chi connectivity index (χ0n) is 37.5. The maximum absolute atomic E-state index is 12.8. The minimum Gasteiger partial charge on any atom is -0.462 e. The number of unbranched alkanes of at least 4 members (excludes halogenated alkanes) is 15. The molecule has 1 aliphatic heterocycles. The molecule has 2 heterocycles. The van der Waals surface area contributed by atoms with Crippen LogP contribution in [0.15, 0.2) is 17.1 Å². The predicted molar refractivity (Wildman–Crippen MR) is 234 cm³/mol. The number of phosphoric acid groups is 2. The number of aliphatic hydroxyl groups excluding tert-OH is 2. The SMILES string of the molecule is CCC(C)CCCCCCCCC(=O)OC[C@H](COP(=O)(O)OP(=O)(O)OC[C@H]1O[C@@H](n2ccc(N)nc2=O)C(O)[C@H]1O)OC(=O)CCCCCCCCCCCCCC(C)C. The monoisotopic (exact) mass is 925 g/mol. The van der Waals surface area contributed by atoms with Crippen LogP contribution in [0.3, 0.4) is 0 Å². The Morgan fingerprint density at radius 2 is 1.29 bits per heavy atom. The molecule has 8 atom stereocenters. The van der Waals surface area contributed by atoms with E-state index >= 15 is 0 Å². The van der Waals surface area contributed by atoms with Gasteiger partial charge in [-0.2, -0.15) is 9.29 Å². The molecule has 1 saturated heterocycles. The Labute approximate surface area is 368 Å². The lowest BCUT2D eigenvalue weighted by Gasteiger charge is -2.21. The van der Waals surface area contributed by atoms with E-state index in [-0.39, 0.29) is 18.7 Å². The number of aliphatic hydroxyl groups is 2. The lowest BCUT2D eigenvalue weighted by Crippen LogP contribution is -2.36. The molecular formula is C42H77N3O15P2. The zero-order chi connectivity index (χ0) is 46.0. The maximum Gasteiger partial charge on any atom is 0.481 e. The third-order valence-electron chi connectivity index (χ3n) is 10.9. The molecule has 62 heavy (non-hydrogen) atoms. The molecule has 0 spiro atoms. The van der Waals surface area contributed by atoms with Crippen molar-refractivity contribution in [1.29, 1.82) is 0 Å². The Morgan fingerprint density at radius 1 is 0.774 bits per heavy atom. The molecule has 18 nitrogen and oxygen atoms in total. The minimum atomic E-state index is -5.41. The molecule has 20 heteroatoms. The van der Waals surface area contributed by atoms with Crippen molar-refractivity contribution < 1.29 is 66.3 Å². The van der Waals surface area contributed by atoms with Crippen LogP contribution in [0.2, 0.25) is 0 Å². The van der Waals surface area contributed by atoms with Crippen LogP contribution in [0.5, 0.6) is 0 Å². The molecule has 0 amide bonds. The number of carbonyl (C=O) groups excluding carboxylic acids is 2. The first kappa shape index (κ1) is 55.9. The molecule has 1 aliphatic rings. The van der Waals surface area contributed by atoms with Crippen molar-refractivity contribution in [3.8, 4) is 0 Å². The fourth-order valence-corrected chi connectivity index (χ4v) is 9.05. The summed E-state index contributed by atoms with van der Waals surface area (Å²) in [4.78, 5) is 61.6. The normalized spacial score (nSPS) is 20.7. The van der Waals surface area contributed by atoms with E-state index in [0.29, 0.717) is 12.8 Å². The molecule has 1 aromatic heterocycles. The average molecular weight is 926 g/mol. The Bertz CT molecular complexity index is 1570. The van der Waals surface area contributed by atoms with Crippen molar-refractivity contribution in [3.63, 3.8) is 0 Å². The fourth-order valence-electron chi connectivity index (χ4n) is 6.94. The van der Waals surface area contributed by atoms with Crippen LogP contribution < -0.4 is 11.4 Å². The van der Waals surface area contributed by atoms with Crippen molar-refractivity contribution in [1.82, 2.24) is 9.55 Å². The Hall–Kier alpha value is -2.24. The van der Waals surface area contributed by atoms with E-state index in [1.165, 1.54) is 70.3 Å². The number of carbonyl (C=O) groups is 2. The first-order chi connectivity index (χ1) is 29.4. The van der Waals surface area contributed by atoms with Crippen molar-refractivity contribution in [2.24, 2.45) is 11.8 Å². The number of nitrogen functional groups attached to an aromatic ring is 1. The standard InChI is InChI=1S/C42H77N3O15P2/c1-5-33(4)24-20-16-13-14-17-21-25-37(46)55-29-34(58-38(47)26-22-18-12-10-8-6-7-9-11-15-19-23-32(2)3)30-56-61(51,52)60-62(53,54)57-31-35-39(48)40(49)41(59-35)45-28-27-36(43)44-42(45)50/h27-28,32-35,39-41,48-49H,5-26,29-31H2,1-4H3,(H,51,52)(H,53,54)(H2,43,44,50)/t33?,34-,35-,39+,40?,41-/m1/s1. The third kappa shape index (κ3) is 24.7. The van der Waals surface area contributed by atoms with Crippen LogP contribution in [0.4, 0.5) is 5.82 Å². The molecule has 0 bridgehead atoms. The predicted octanol–water partition coefficient (Wildman–Crippen LogP) is 8.04. The van der Waals surface area contributed by atoms with Crippen LogP contribution in [0.1, 0.15) is 175 Å². The van der Waals surface area contributed by atoms with Gasteiger partial charge < -0.3 is 39.9 Å². The summed E-state index contributed by atoms with van der Waals surface area (Å²) in [6, 6.07) is 1.25. The molecule has 6 N–H and O–H groups in total. The summed E-state index contributed by atoms with van der Waals surface area (Å²) >= 11 is 0. The Balaban J connectivity index is 1.84. The molecule has 0 aromatic carbocycles. The van der Waals surface area contributed by atoms with Gasteiger partial charge in [0.05, 0.1) is 13.2 Å². The largest absolute Gasteiger partial charge is 0.481 e. The maximum atomic E-state index is 12.8. The highest BCUT2D eigenvalue weighted by atomic mass is 31.3. The van der Waals surface area contributed by atoms with Gasteiger partial charge in [0.15, 0.2) is 12.3 Å². The van der Waals surface area contributed by atoms with E-state index in [1.54, 1.807) is 0 Å². The summed E-state index contributed by atoms with van der Waals surface area (Å²) in [5.74, 6) is 0.198. The van der Waals surface area contributed by atoms with Gasteiger partial charge in [-0.1, -0.05) is 143 Å². The van der Waals surface area contributed by atoms with Crippen molar-refractivity contribution in [3.05, 3.63) is 22.7 Å². The average Bonchev–Trinajstić information content (AvgIpc) is 3.48. The summed E-state index contributed by atoms with van der Waals surface area (Å²) in [7, 11) is -10.8. The molecular weight excluding hydrogens is 848 g/mol. The lowest BCUT2D eigenvalue weighted by atomic mass is 10.00. The Kier molecular flexibility index (Phi) is 27.8. The van der Waals surface area contributed by atoms with E-state index in [2.05, 4.69) is 37.0 Å². The van der Waals surface area contributed by atoms with Crippen molar-refractivity contribution in [2.75, 3.05) is 25.6 Å². The number of ether oxygens (including phenoxy) is 3. The van der Waals surface area contributed by atoms with Gasteiger partial charge in [-0.25, -0.2) is 13.9 Å². The van der Waals surface area contributed by atoms with Crippen molar-refractivity contribution in [2.45, 2.75) is 200 Å². The van der Waals surface area contributed by atoms with Crippen LogP contribution in [0, 0.1) is 11.8 Å². The third-order valence-corrected chi connectivity index (χ3v) is 13.5. The number of rotatable bonds is 36. The molecule has 4 unspecified atom stereocenters. The van der Waals surface area contributed by atoms with E-state index in [1.807, 2.05) is 0 Å². The first-order valence-electron chi connectivity index (χ1n) is 22.8. The highest BCUT2D eigenvalue weighted by Crippen LogP contribution is 2.60. The van der Waals surface area contributed by atoms with Gasteiger partial charge in [0.2, 0.25) is 0 Å². The summed E-state index contributed by atoms with van der Waals surface area (Å²) < 4.78 is 56.6. The molecule has 0 aliphatic carbocycles. The number of phosphoric ester groups is 2. The van der Waals surface area contributed by atoms with E-state index in [0.717, 1.165) is 74.0 Å². The second kappa shape index (κ2) is 30.8. The van der Waals surface area contributed by atoms with Crippen molar-refractivity contribution >= 4 is 33.4 Å². The van der Waals surface area contributed by atoms with Crippen LogP contribution in [-0.2, 0) is 46.3 Å². The highest BCUT2D eigenvalue weighted by molar-refractivity contribution is 7.61. The number of esters is 2. The fraction of sp³-hybridized carbons (Fsp3) is 0.857. The summed E-state index contributed by atoms with van der Waals surface area (Å²) in [5.41, 5.74) is 4.58. The molecule has 1 fully saturated rings. The van der Waals surface area contributed by atoms with Gasteiger partial charge in [-0.05, 0) is 30.7 Å². The number of nitrogens with two attached hydrogens (primary N) is 1. The van der Waals surface area contributed by atoms with Crippen LogP contribution >= 0.6 is 15.6 Å². The van der Waals surface area contributed by atoms with Gasteiger partial charge >= 0.3 is 33.3 Å². The number of hydrogen-bond acceptors (Lipinski definition) is 15. The van der Waals surface area contributed by atoms with E-state index < -0.39 is 83.7 Å². The smallest absolute Gasteiger partial charge is 0.462 e. The summed E-state index contributed by atoms with van der Waals surface area (Å²) in [5, 5.41) is 20.8. The molecule has 0 saturated carbocycles. The van der Waals surface area contributed by atoms with E-state index in [4.69, 9.17) is 29.0 Å². The number of nitrogens with zero attached hydrogens (tertiary/aromatic N) is 2. The molecule has 1 aromatic rings. The second-order valence-corrected chi connectivity index (χ2v) is 20.0. The zero-order valence-corrected chi connectivity index (χ0v) is 39.3. The first-order valence-corrected chi connectivity index (χ1v) is 25.8. The van der Waals surface area contributed by atoms with Gasteiger partial charge in [-0.3, -0.25) is 23.2 Å². The topological polar surface area (TPSA) is 265 Å². The van der Waals surface area contributed by atoms with Gasteiger partial charge in [0, 0.05) is 19.0 Å². The van der Waals surface area contributed by atoms with Gasteiger partial charge in [0.25, 0.3) is 0 Å². The molecule has 2 rings (SSSR count). The summed E-state index contributed by atoms with van der Waals surface area (Å²) in [6.45, 7) is 6.67. The van der Waals surface area contributed by atoms with Crippen LogP contribution in [0.25, 0.3) is 0 Å². The number of hydrogen-bond donors (Lipinski definition) is 5. The quantitative estimate of drug-likeness (QED) is 0.0242.